The maximum Gasteiger partial charge on any atom is 0.324 e. The fourth-order valence-electron chi connectivity index (χ4n) is 3.38. The van der Waals surface area contributed by atoms with E-state index in [0.717, 1.165) is 19.3 Å². The molecule has 0 heterocycles. The second-order valence-corrected chi connectivity index (χ2v) is 5.07. The number of hydrogen-bond acceptors (Lipinski definition) is 3. The zero-order valence-corrected chi connectivity index (χ0v) is 9.06. The highest BCUT2D eigenvalue weighted by Crippen LogP contribution is 2.48. The minimum atomic E-state index is -1.19. The Balaban J connectivity index is 2.26. The molecular formula is C11H17NO4. The lowest BCUT2D eigenvalue weighted by atomic mass is 9.57. The van der Waals surface area contributed by atoms with E-state index < -0.39 is 23.4 Å². The van der Waals surface area contributed by atoms with Gasteiger partial charge >= 0.3 is 11.9 Å². The van der Waals surface area contributed by atoms with E-state index in [1.54, 1.807) is 0 Å². The molecule has 0 spiro atoms. The zero-order valence-electron chi connectivity index (χ0n) is 9.06. The normalized spacial score (nSPS) is 42.7. The standard InChI is InChI=1S/C11H17NO4/c12-11(10(15)16)7-2-1-3-8(11)5-6(4-7)9(13)14/h6-8H,1-5,12H2,(H,13,14)(H,15,16)/t6?,7-,8-,11?/m0/s1. The fourth-order valence-corrected chi connectivity index (χ4v) is 3.38. The van der Waals surface area contributed by atoms with Gasteiger partial charge in [-0.15, -0.1) is 0 Å². The number of carboxylic acids is 2. The third-order valence-electron chi connectivity index (χ3n) is 4.31. The van der Waals surface area contributed by atoms with Gasteiger partial charge in [0.15, 0.2) is 0 Å². The third kappa shape index (κ3) is 1.50. The van der Waals surface area contributed by atoms with Crippen molar-refractivity contribution in [2.45, 2.75) is 37.6 Å². The molecule has 0 aromatic heterocycles. The van der Waals surface area contributed by atoms with Crippen molar-refractivity contribution in [2.24, 2.45) is 23.5 Å². The van der Waals surface area contributed by atoms with E-state index >= 15 is 0 Å². The van der Waals surface area contributed by atoms with Gasteiger partial charge < -0.3 is 15.9 Å². The summed E-state index contributed by atoms with van der Waals surface area (Å²) >= 11 is 0. The van der Waals surface area contributed by atoms with Crippen LogP contribution in [0.1, 0.15) is 32.1 Å². The van der Waals surface area contributed by atoms with E-state index in [0.29, 0.717) is 12.8 Å². The summed E-state index contributed by atoms with van der Waals surface area (Å²) in [5.41, 5.74) is 4.83. The molecule has 0 aliphatic heterocycles. The second kappa shape index (κ2) is 3.73. The molecule has 2 aliphatic rings. The van der Waals surface area contributed by atoms with Gasteiger partial charge in [0.1, 0.15) is 5.54 Å². The number of rotatable bonds is 2. The van der Waals surface area contributed by atoms with Crippen molar-refractivity contribution in [1.29, 1.82) is 0 Å². The summed E-state index contributed by atoms with van der Waals surface area (Å²) < 4.78 is 0. The molecule has 0 aromatic rings. The van der Waals surface area contributed by atoms with Gasteiger partial charge in [0, 0.05) is 0 Å². The van der Waals surface area contributed by atoms with E-state index in [4.69, 9.17) is 10.8 Å². The highest BCUT2D eigenvalue weighted by atomic mass is 16.4. The first kappa shape index (κ1) is 11.4. The van der Waals surface area contributed by atoms with Crippen molar-refractivity contribution >= 4 is 11.9 Å². The first-order valence-electron chi connectivity index (χ1n) is 5.71. The summed E-state index contributed by atoms with van der Waals surface area (Å²) in [5.74, 6) is -2.56. The van der Waals surface area contributed by atoms with Gasteiger partial charge in [-0.1, -0.05) is 6.42 Å². The molecule has 2 aliphatic carbocycles. The number of nitrogens with two attached hydrogens (primary N) is 1. The van der Waals surface area contributed by atoms with E-state index in [1.807, 2.05) is 0 Å². The number of carbonyl (C=O) groups is 2. The Labute approximate surface area is 93.6 Å². The van der Waals surface area contributed by atoms with Gasteiger partial charge in [-0.05, 0) is 37.5 Å². The lowest BCUT2D eigenvalue weighted by Crippen LogP contribution is -2.64. The molecule has 0 amide bonds. The molecule has 0 unspecified atom stereocenters. The summed E-state index contributed by atoms with van der Waals surface area (Å²) in [6.07, 6.45) is 3.27. The predicted molar refractivity (Wildman–Crippen MR) is 55.7 cm³/mol. The first-order chi connectivity index (χ1) is 7.46. The van der Waals surface area contributed by atoms with Crippen molar-refractivity contribution in [2.75, 3.05) is 0 Å². The molecule has 2 rings (SSSR count). The van der Waals surface area contributed by atoms with Gasteiger partial charge in [0.2, 0.25) is 0 Å². The third-order valence-corrected chi connectivity index (χ3v) is 4.31. The number of carboxylic acid groups (broad SMARTS) is 2. The van der Waals surface area contributed by atoms with E-state index in [-0.39, 0.29) is 11.8 Å². The van der Waals surface area contributed by atoms with Crippen molar-refractivity contribution in [3.05, 3.63) is 0 Å². The Kier molecular flexibility index (Phi) is 2.66. The molecule has 2 bridgehead atoms. The quantitative estimate of drug-likeness (QED) is 0.644. The zero-order chi connectivity index (χ0) is 11.9. The van der Waals surface area contributed by atoms with Crippen molar-refractivity contribution < 1.29 is 19.8 Å². The molecule has 5 heteroatoms. The summed E-state index contributed by atoms with van der Waals surface area (Å²) in [4.78, 5) is 22.3. The molecule has 5 nitrogen and oxygen atoms in total. The highest BCUT2D eigenvalue weighted by Gasteiger charge is 2.55. The highest BCUT2D eigenvalue weighted by molar-refractivity contribution is 5.81. The Morgan fingerprint density at radius 2 is 1.62 bits per heavy atom. The van der Waals surface area contributed by atoms with Gasteiger partial charge in [-0.25, -0.2) is 0 Å². The SMILES string of the molecule is NC1(C(=O)O)[C@H]2CCC[C@H]1CC(C(=O)O)C2. The molecule has 4 N–H and O–H groups in total. The van der Waals surface area contributed by atoms with Crippen LogP contribution in [0.25, 0.3) is 0 Å². The minimum absolute atomic E-state index is 0.182. The summed E-state index contributed by atoms with van der Waals surface area (Å²) in [6.45, 7) is 0. The molecular weight excluding hydrogens is 210 g/mol. The number of hydrogen-bond donors (Lipinski definition) is 3. The van der Waals surface area contributed by atoms with Crippen molar-refractivity contribution in [3.63, 3.8) is 0 Å². The Hall–Kier alpha value is -1.10. The number of aliphatic carboxylic acids is 2. The maximum atomic E-state index is 11.3. The molecule has 90 valence electrons. The molecule has 16 heavy (non-hydrogen) atoms. The first-order valence-corrected chi connectivity index (χ1v) is 5.71. The van der Waals surface area contributed by atoms with Crippen LogP contribution in [0, 0.1) is 17.8 Å². The summed E-state index contributed by atoms with van der Waals surface area (Å²) in [6, 6.07) is 0. The molecule has 0 radical (unpaired) electrons. The predicted octanol–water partition coefficient (Wildman–Crippen LogP) is 0.679. The van der Waals surface area contributed by atoms with E-state index in [1.165, 1.54) is 0 Å². The molecule has 2 fully saturated rings. The minimum Gasteiger partial charge on any atom is -0.481 e. The van der Waals surface area contributed by atoms with Crippen LogP contribution < -0.4 is 5.73 Å². The number of fused-ring (bicyclic) bond motifs is 2. The van der Waals surface area contributed by atoms with Gasteiger partial charge in [-0.3, -0.25) is 9.59 Å². The lowest BCUT2D eigenvalue weighted by Gasteiger charge is -2.49. The van der Waals surface area contributed by atoms with Crippen LogP contribution in [0.15, 0.2) is 0 Å². The van der Waals surface area contributed by atoms with Crippen LogP contribution in [0.5, 0.6) is 0 Å². The smallest absolute Gasteiger partial charge is 0.324 e. The van der Waals surface area contributed by atoms with Crippen molar-refractivity contribution in [3.8, 4) is 0 Å². The van der Waals surface area contributed by atoms with Gasteiger partial charge in [0.25, 0.3) is 0 Å². The average Bonchev–Trinajstić information content (AvgIpc) is 2.15. The van der Waals surface area contributed by atoms with Gasteiger partial charge in [0.05, 0.1) is 5.92 Å². The lowest BCUT2D eigenvalue weighted by molar-refractivity contribution is -0.159. The molecule has 0 aromatic carbocycles. The van der Waals surface area contributed by atoms with Crippen LogP contribution in [0.2, 0.25) is 0 Å². The van der Waals surface area contributed by atoms with Crippen LogP contribution >= 0.6 is 0 Å². The van der Waals surface area contributed by atoms with E-state index in [9.17, 15) is 14.7 Å². The van der Waals surface area contributed by atoms with Crippen LogP contribution in [0.3, 0.4) is 0 Å². The van der Waals surface area contributed by atoms with Gasteiger partial charge in [-0.2, -0.15) is 0 Å². The second-order valence-electron chi connectivity index (χ2n) is 5.07. The molecule has 2 atom stereocenters. The summed E-state index contributed by atoms with van der Waals surface area (Å²) in [7, 11) is 0. The van der Waals surface area contributed by atoms with Crippen LogP contribution in [-0.4, -0.2) is 27.7 Å². The average molecular weight is 227 g/mol. The molecule has 0 saturated heterocycles. The topological polar surface area (TPSA) is 101 Å². The fraction of sp³-hybridized carbons (Fsp3) is 0.818. The summed E-state index contributed by atoms with van der Waals surface area (Å²) in [5, 5.41) is 18.3. The van der Waals surface area contributed by atoms with Crippen LogP contribution in [-0.2, 0) is 9.59 Å². The monoisotopic (exact) mass is 227 g/mol. The molecule has 2 saturated carbocycles. The maximum absolute atomic E-state index is 11.3. The Morgan fingerprint density at radius 1 is 1.12 bits per heavy atom. The van der Waals surface area contributed by atoms with Crippen molar-refractivity contribution in [1.82, 2.24) is 0 Å². The largest absolute Gasteiger partial charge is 0.481 e. The Morgan fingerprint density at radius 3 is 2.00 bits per heavy atom. The Bertz CT molecular complexity index is 314. The van der Waals surface area contributed by atoms with E-state index in [2.05, 4.69) is 0 Å². The van der Waals surface area contributed by atoms with Crippen LogP contribution in [0.4, 0.5) is 0 Å².